The van der Waals surface area contributed by atoms with E-state index in [2.05, 4.69) is 0 Å². The summed E-state index contributed by atoms with van der Waals surface area (Å²) in [6, 6.07) is 7.43. The molecule has 3 amide bonds. The normalized spacial score (nSPS) is 21.5. The van der Waals surface area contributed by atoms with Crippen molar-refractivity contribution in [1.29, 1.82) is 0 Å². The summed E-state index contributed by atoms with van der Waals surface area (Å²) >= 11 is 5.71. The molecule has 1 saturated heterocycles. The predicted octanol–water partition coefficient (Wildman–Crippen LogP) is 1.57. The number of halogens is 1. The number of carbonyl (C=O) groups excluding carboxylic acids is 2. The minimum absolute atomic E-state index is 0.317. The van der Waals surface area contributed by atoms with Crippen molar-refractivity contribution >= 4 is 23.7 Å². The molecule has 0 aromatic heterocycles. The lowest BCUT2D eigenvalue weighted by Gasteiger charge is -2.27. The zero-order valence-corrected chi connectivity index (χ0v) is 10.1. The highest BCUT2D eigenvalue weighted by atomic mass is 35.5. The maximum absolute atomic E-state index is 12.2. The van der Waals surface area contributed by atoms with E-state index in [0.717, 1.165) is 11.1 Å². The van der Waals surface area contributed by atoms with Crippen LogP contribution in [-0.4, -0.2) is 33.8 Å². The topological polar surface area (TPSA) is 40.6 Å². The largest absolute Gasteiger partial charge is 0.342 e. The van der Waals surface area contributed by atoms with Crippen molar-refractivity contribution in [2.75, 3.05) is 7.05 Å². The van der Waals surface area contributed by atoms with E-state index in [1.807, 2.05) is 24.3 Å². The van der Waals surface area contributed by atoms with E-state index in [-0.39, 0.29) is 5.91 Å². The van der Waals surface area contributed by atoms with Gasteiger partial charge in [0.05, 0.1) is 0 Å². The van der Waals surface area contributed by atoms with Crippen molar-refractivity contribution in [1.82, 2.24) is 9.32 Å². The van der Waals surface area contributed by atoms with Crippen molar-refractivity contribution in [3.63, 3.8) is 0 Å². The highest BCUT2D eigenvalue weighted by molar-refractivity contribution is 6.33. The maximum Gasteiger partial charge on any atom is 0.342 e. The maximum atomic E-state index is 12.2. The van der Waals surface area contributed by atoms with E-state index >= 15 is 0 Å². The van der Waals surface area contributed by atoms with Crippen molar-refractivity contribution in [3.8, 4) is 0 Å². The number of imide groups is 1. The van der Waals surface area contributed by atoms with Gasteiger partial charge in [0.1, 0.15) is 5.54 Å². The molecule has 5 heteroatoms. The SMILES string of the molecule is CN1C(=O)N(Cl)C(=O)C12Cc1ccccc1C2. The second-order valence-corrected chi connectivity index (χ2v) is 4.92. The minimum Gasteiger partial charge on any atom is -0.311 e. The summed E-state index contributed by atoms with van der Waals surface area (Å²) in [5, 5.41) is 0. The lowest BCUT2D eigenvalue weighted by atomic mass is 9.95. The molecule has 1 spiro atoms. The fraction of sp³-hybridized carbons (Fsp3) is 0.333. The van der Waals surface area contributed by atoms with Crippen molar-refractivity contribution in [2.24, 2.45) is 0 Å². The number of amides is 3. The highest BCUT2D eigenvalue weighted by Crippen LogP contribution is 2.40. The zero-order valence-electron chi connectivity index (χ0n) is 9.31. The summed E-state index contributed by atoms with van der Waals surface area (Å²) < 4.78 is 0.700. The molecular formula is C12H11ClN2O2. The quantitative estimate of drug-likeness (QED) is 0.518. The molecule has 0 unspecified atom stereocenters. The van der Waals surface area contributed by atoms with E-state index in [0.29, 0.717) is 17.3 Å². The van der Waals surface area contributed by atoms with Crippen molar-refractivity contribution in [2.45, 2.75) is 18.4 Å². The third-order valence-electron chi connectivity index (χ3n) is 3.76. The van der Waals surface area contributed by atoms with Gasteiger partial charge < -0.3 is 4.90 Å². The average Bonchev–Trinajstić information content (AvgIpc) is 2.80. The Bertz CT molecular complexity index is 504. The molecule has 1 aromatic carbocycles. The molecule has 4 nitrogen and oxygen atoms in total. The molecular weight excluding hydrogens is 240 g/mol. The summed E-state index contributed by atoms with van der Waals surface area (Å²) in [4.78, 5) is 25.3. The van der Waals surface area contributed by atoms with Crippen LogP contribution < -0.4 is 0 Å². The van der Waals surface area contributed by atoms with Crippen LogP contribution in [-0.2, 0) is 17.6 Å². The third-order valence-corrected chi connectivity index (χ3v) is 4.06. The van der Waals surface area contributed by atoms with E-state index in [9.17, 15) is 9.59 Å². The molecule has 0 saturated carbocycles. The smallest absolute Gasteiger partial charge is 0.311 e. The van der Waals surface area contributed by atoms with Gasteiger partial charge >= 0.3 is 6.03 Å². The van der Waals surface area contributed by atoms with Gasteiger partial charge in [0, 0.05) is 31.7 Å². The molecule has 1 fully saturated rings. The summed E-state index contributed by atoms with van der Waals surface area (Å²) in [5.74, 6) is -0.317. The van der Waals surface area contributed by atoms with Crippen LogP contribution in [0.15, 0.2) is 24.3 Å². The van der Waals surface area contributed by atoms with Crippen LogP contribution in [0.3, 0.4) is 0 Å². The lowest BCUT2D eigenvalue weighted by Crippen LogP contribution is -2.48. The fourth-order valence-electron chi connectivity index (χ4n) is 2.71. The number of hydrogen-bond donors (Lipinski definition) is 0. The van der Waals surface area contributed by atoms with E-state index in [1.165, 1.54) is 4.90 Å². The molecule has 1 aliphatic heterocycles. The summed E-state index contributed by atoms with van der Waals surface area (Å²) in [5.41, 5.74) is 1.43. The van der Waals surface area contributed by atoms with E-state index in [1.54, 1.807) is 7.05 Å². The lowest BCUT2D eigenvalue weighted by molar-refractivity contribution is -0.129. The Morgan fingerprint density at radius 2 is 1.71 bits per heavy atom. The standard InChI is InChI=1S/C12H11ClN2O2/c1-14-11(17)15(13)10(16)12(14)6-8-4-2-3-5-9(8)7-12/h2-5H,6-7H2,1H3. The number of rotatable bonds is 0. The van der Waals surface area contributed by atoms with Crippen LogP contribution >= 0.6 is 11.8 Å². The molecule has 1 aromatic rings. The first-order chi connectivity index (χ1) is 8.06. The van der Waals surface area contributed by atoms with Crippen LogP contribution in [0.1, 0.15) is 11.1 Å². The fourth-order valence-corrected chi connectivity index (χ4v) is 2.98. The molecule has 3 rings (SSSR count). The third kappa shape index (κ3) is 1.19. The van der Waals surface area contributed by atoms with Gasteiger partial charge in [0.25, 0.3) is 5.91 Å². The first-order valence-electron chi connectivity index (χ1n) is 5.41. The second-order valence-electron chi connectivity index (χ2n) is 4.58. The summed E-state index contributed by atoms with van der Waals surface area (Å²) in [6.07, 6.45) is 1.10. The highest BCUT2D eigenvalue weighted by Gasteiger charge is 2.58. The molecule has 2 aliphatic rings. The molecule has 0 N–H and O–H groups in total. The van der Waals surface area contributed by atoms with Gasteiger partial charge in [-0.3, -0.25) is 4.79 Å². The molecule has 0 radical (unpaired) electrons. The summed E-state index contributed by atoms with van der Waals surface area (Å²) in [6.45, 7) is 0. The van der Waals surface area contributed by atoms with Gasteiger partial charge in [0.15, 0.2) is 0 Å². The van der Waals surface area contributed by atoms with Crippen LogP contribution in [0.2, 0.25) is 0 Å². The Morgan fingerprint density at radius 1 is 1.18 bits per heavy atom. The number of urea groups is 1. The Hall–Kier alpha value is -1.55. The van der Waals surface area contributed by atoms with Gasteiger partial charge in [-0.1, -0.05) is 24.3 Å². The second kappa shape index (κ2) is 3.23. The molecule has 88 valence electrons. The molecule has 1 aliphatic carbocycles. The van der Waals surface area contributed by atoms with Crippen LogP contribution in [0, 0.1) is 0 Å². The number of hydrogen-bond acceptors (Lipinski definition) is 2. The van der Waals surface area contributed by atoms with E-state index < -0.39 is 11.6 Å². The van der Waals surface area contributed by atoms with E-state index in [4.69, 9.17) is 11.8 Å². The Morgan fingerprint density at radius 3 is 2.12 bits per heavy atom. The monoisotopic (exact) mass is 250 g/mol. The Labute approximate surface area is 104 Å². The molecule has 0 atom stereocenters. The average molecular weight is 251 g/mol. The van der Waals surface area contributed by atoms with Gasteiger partial charge in [-0.15, -0.1) is 0 Å². The van der Waals surface area contributed by atoms with Crippen LogP contribution in [0.4, 0.5) is 4.79 Å². The molecule has 17 heavy (non-hydrogen) atoms. The number of nitrogens with zero attached hydrogens (tertiary/aromatic N) is 2. The van der Waals surface area contributed by atoms with Gasteiger partial charge in [-0.2, -0.15) is 4.42 Å². The number of benzene rings is 1. The van der Waals surface area contributed by atoms with Crippen molar-refractivity contribution < 1.29 is 9.59 Å². The van der Waals surface area contributed by atoms with Crippen LogP contribution in [0.25, 0.3) is 0 Å². The van der Waals surface area contributed by atoms with Crippen molar-refractivity contribution in [3.05, 3.63) is 35.4 Å². The van der Waals surface area contributed by atoms with Gasteiger partial charge in [0.2, 0.25) is 0 Å². The van der Waals surface area contributed by atoms with Gasteiger partial charge in [-0.25, -0.2) is 4.79 Å². The number of likely N-dealkylation sites (N-methyl/N-ethyl adjacent to an activating group) is 1. The molecule has 0 bridgehead atoms. The molecule has 1 heterocycles. The summed E-state index contributed by atoms with van der Waals surface area (Å²) in [7, 11) is 1.63. The van der Waals surface area contributed by atoms with Gasteiger partial charge in [-0.05, 0) is 11.1 Å². The number of fused-ring (bicyclic) bond motifs is 1. The predicted molar refractivity (Wildman–Crippen MR) is 62.4 cm³/mol. The Kier molecular flexibility index (Phi) is 2.01. The number of carbonyl (C=O) groups is 2. The first kappa shape index (κ1) is 10.6. The first-order valence-corrected chi connectivity index (χ1v) is 5.75. The zero-order chi connectivity index (χ0) is 12.2. The minimum atomic E-state index is -0.803. The van der Waals surface area contributed by atoms with Crippen LogP contribution in [0.5, 0.6) is 0 Å². The Balaban J connectivity index is 2.07.